The van der Waals surface area contributed by atoms with Gasteiger partial charge in [0.15, 0.2) is 0 Å². The monoisotopic (exact) mass is 156 g/mol. The molecule has 11 heavy (non-hydrogen) atoms. The molecule has 0 radical (unpaired) electrons. The highest BCUT2D eigenvalue weighted by atomic mass is 16.5. The Morgan fingerprint density at radius 2 is 1.36 bits per heavy atom. The second-order valence-corrected chi connectivity index (χ2v) is 2.12. The van der Waals surface area contributed by atoms with Crippen molar-refractivity contribution in [3.05, 3.63) is 24.7 Å². The van der Waals surface area contributed by atoms with E-state index in [1.807, 2.05) is 13.8 Å². The highest BCUT2D eigenvalue weighted by molar-refractivity contribution is 4.97. The molecular weight excluding hydrogens is 140 g/mol. The molecule has 0 atom stereocenters. The summed E-state index contributed by atoms with van der Waals surface area (Å²) < 4.78 is 10.2. The lowest BCUT2D eigenvalue weighted by Crippen LogP contribution is -1.95. The molecule has 0 saturated carbocycles. The molecule has 0 saturated heterocycles. The average molecular weight is 156 g/mol. The number of hydrogen-bond donors (Lipinski definition) is 0. The van der Waals surface area contributed by atoms with Crippen molar-refractivity contribution in [2.75, 3.05) is 13.2 Å². The molecule has 0 N–H and O–H groups in total. The standard InChI is InChI=1S/C9H16O2/c1-5-10-8(3)7-9(4)11-6-2/h3-7H2,1-2H3. The third-order valence-electron chi connectivity index (χ3n) is 1.09. The van der Waals surface area contributed by atoms with Crippen molar-refractivity contribution in [1.82, 2.24) is 0 Å². The third-order valence-corrected chi connectivity index (χ3v) is 1.09. The number of ether oxygens (including phenoxy) is 2. The zero-order valence-electron chi connectivity index (χ0n) is 7.35. The van der Waals surface area contributed by atoms with E-state index in [1.165, 1.54) is 0 Å². The van der Waals surface area contributed by atoms with E-state index < -0.39 is 0 Å². The summed E-state index contributed by atoms with van der Waals surface area (Å²) in [6, 6.07) is 0. The molecule has 0 aliphatic heterocycles. The van der Waals surface area contributed by atoms with Gasteiger partial charge in [0.2, 0.25) is 0 Å². The fourth-order valence-corrected chi connectivity index (χ4v) is 0.730. The Kier molecular flexibility index (Phi) is 5.35. The molecule has 64 valence electrons. The van der Waals surface area contributed by atoms with Crippen LogP contribution in [0.15, 0.2) is 24.7 Å². The average Bonchev–Trinajstić information content (AvgIpc) is 1.87. The molecule has 2 heteroatoms. The van der Waals surface area contributed by atoms with E-state index in [2.05, 4.69) is 13.2 Å². The van der Waals surface area contributed by atoms with Gasteiger partial charge in [0.25, 0.3) is 0 Å². The summed E-state index contributed by atoms with van der Waals surface area (Å²) in [5.74, 6) is 1.43. The Balaban J connectivity index is 3.49. The Bertz CT molecular complexity index is 122. The Morgan fingerprint density at radius 3 is 1.64 bits per heavy atom. The smallest absolute Gasteiger partial charge is 0.0963 e. The summed E-state index contributed by atoms with van der Waals surface area (Å²) >= 11 is 0. The van der Waals surface area contributed by atoms with Gasteiger partial charge in [0.05, 0.1) is 31.2 Å². The zero-order valence-corrected chi connectivity index (χ0v) is 7.35. The van der Waals surface area contributed by atoms with Crippen LogP contribution in [0.2, 0.25) is 0 Å². The van der Waals surface area contributed by atoms with Gasteiger partial charge in [-0.15, -0.1) is 0 Å². The number of rotatable bonds is 6. The van der Waals surface area contributed by atoms with E-state index in [9.17, 15) is 0 Å². The Hall–Kier alpha value is -0.920. The molecule has 0 amide bonds. The molecule has 0 rings (SSSR count). The second kappa shape index (κ2) is 5.83. The van der Waals surface area contributed by atoms with Crippen LogP contribution in [0.3, 0.4) is 0 Å². The lowest BCUT2D eigenvalue weighted by molar-refractivity contribution is 0.186. The van der Waals surface area contributed by atoms with Gasteiger partial charge in [0.1, 0.15) is 0 Å². The van der Waals surface area contributed by atoms with Gasteiger partial charge in [-0.1, -0.05) is 13.2 Å². The molecule has 0 aliphatic carbocycles. The maximum atomic E-state index is 5.12. The minimum Gasteiger partial charge on any atom is -0.498 e. The van der Waals surface area contributed by atoms with Crippen LogP contribution >= 0.6 is 0 Å². The summed E-state index contributed by atoms with van der Waals surface area (Å²) in [5, 5.41) is 0. The maximum Gasteiger partial charge on any atom is 0.0963 e. The minimum absolute atomic E-state index is 0.599. The van der Waals surface area contributed by atoms with Crippen LogP contribution in [0.25, 0.3) is 0 Å². The van der Waals surface area contributed by atoms with Crippen molar-refractivity contribution in [2.24, 2.45) is 0 Å². The Labute approximate surface area is 68.5 Å². The van der Waals surface area contributed by atoms with Crippen LogP contribution < -0.4 is 0 Å². The van der Waals surface area contributed by atoms with Gasteiger partial charge in [0, 0.05) is 0 Å². The molecule has 0 spiro atoms. The first-order chi connectivity index (χ1) is 5.20. The van der Waals surface area contributed by atoms with Gasteiger partial charge < -0.3 is 9.47 Å². The fraction of sp³-hybridized carbons (Fsp3) is 0.556. The van der Waals surface area contributed by atoms with Crippen molar-refractivity contribution in [1.29, 1.82) is 0 Å². The van der Waals surface area contributed by atoms with Crippen molar-refractivity contribution in [3.63, 3.8) is 0 Å². The molecule has 0 fully saturated rings. The van der Waals surface area contributed by atoms with Gasteiger partial charge >= 0.3 is 0 Å². The van der Waals surface area contributed by atoms with E-state index in [1.54, 1.807) is 0 Å². The SMILES string of the molecule is C=C(CC(=C)OCC)OCC. The lowest BCUT2D eigenvalue weighted by atomic mass is 10.3. The van der Waals surface area contributed by atoms with Crippen LogP contribution in [0.1, 0.15) is 20.3 Å². The summed E-state index contributed by atoms with van der Waals surface area (Å²) in [4.78, 5) is 0. The van der Waals surface area contributed by atoms with E-state index in [0.717, 1.165) is 0 Å². The second-order valence-electron chi connectivity index (χ2n) is 2.12. The largest absolute Gasteiger partial charge is 0.498 e. The highest BCUT2D eigenvalue weighted by Crippen LogP contribution is 2.09. The Morgan fingerprint density at radius 1 is 1.00 bits per heavy atom. The van der Waals surface area contributed by atoms with E-state index >= 15 is 0 Å². The van der Waals surface area contributed by atoms with E-state index in [-0.39, 0.29) is 0 Å². The predicted octanol–water partition coefficient (Wildman–Crippen LogP) is 2.48. The predicted molar refractivity (Wildman–Crippen MR) is 46.1 cm³/mol. The molecule has 0 unspecified atom stereocenters. The highest BCUT2D eigenvalue weighted by Gasteiger charge is 1.97. The molecular formula is C9H16O2. The zero-order chi connectivity index (χ0) is 8.69. The van der Waals surface area contributed by atoms with Gasteiger partial charge in [-0.25, -0.2) is 0 Å². The number of hydrogen-bond acceptors (Lipinski definition) is 2. The molecule has 0 aromatic carbocycles. The first-order valence-corrected chi connectivity index (χ1v) is 3.81. The van der Waals surface area contributed by atoms with Gasteiger partial charge in [-0.3, -0.25) is 0 Å². The van der Waals surface area contributed by atoms with Crippen molar-refractivity contribution >= 4 is 0 Å². The van der Waals surface area contributed by atoms with Crippen molar-refractivity contribution < 1.29 is 9.47 Å². The van der Waals surface area contributed by atoms with Crippen LogP contribution in [0, 0.1) is 0 Å². The fourth-order valence-electron chi connectivity index (χ4n) is 0.730. The summed E-state index contributed by atoms with van der Waals surface area (Å²) in [6.45, 7) is 12.6. The van der Waals surface area contributed by atoms with Crippen LogP contribution in [0.4, 0.5) is 0 Å². The van der Waals surface area contributed by atoms with Crippen LogP contribution in [0.5, 0.6) is 0 Å². The third kappa shape index (κ3) is 5.52. The van der Waals surface area contributed by atoms with Crippen molar-refractivity contribution in [3.8, 4) is 0 Å². The quantitative estimate of drug-likeness (QED) is 0.550. The molecule has 0 aromatic heterocycles. The maximum absolute atomic E-state index is 5.12. The van der Waals surface area contributed by atoms with Crippen LogP contribution in [-0.4, -0.2) is 13.2 Å². The summed E-state index contributed by atoms with van der Waals surface area (Å²) in [7, 11) is 0. The summed E-state index contributed by atoms with van der Waals surface area (Å²) in [6.07, 6.45) is 0.599. The van der Waals surface area contributed by atoms with Crippen LogP contribution in [-0.2, 0) is 9.47 Å². The molecule has 0 heterocycles. The van der Waals surface area contributed by atoms with E-state index in [0.29, 0.717) is 31.2 Å². The lowest BCUT2D eigenvalue weighted by Gasteiger charge is -2.09. The molecule has 0 aromatic rings. The first-order valence-electron chi connectivity index (χ1n) is 3.81. The minimum atomic E-state index is 0.599. The van der Waals surface area contributed by atoms with Crippen molar-refractivity contribution in [2.45, 2.75) is 20.3 Å². The van der Waals surface area contributed by atoms with Gasteiger partial charge in [-0.2, -0.15) is 0 Å². The topological polar surface area (TPSA) is 18.5 Å². The summed E-state index contributed by atoms with van der Waals surface area (Å²) in [5.41, 5.74) is 0. The van der Waals surface area contributed by atoms with Gasteiger partial charge in [-0.05, 0) is 13.8 Å². The van der Waals surface area contributed by atoms with E-state index in [4.69, 9.17) is 9.47 Å². The normalized spacial score (nSPS) is 8.91. The first kappa shape index (κ1) is 10.1. The molecule has 0 aliphatic rings. The molecule has 2 nitrogen and oxygen atoms in total. The molecule has 0 bridgehead atoms.